The maximum atomic E-state index is 12.6. The Morgan fingerprint density at radius 3 is 2.52 bits per heavy atom. The van der Waals surface area contributed by atoms with Crippen LogP contribution in [0.2, 0.25) is 0 Å². The third-order valence-corrected chi connectivity index (χ3v) is 4.00. The third-order valence-electron chi connectivity index (χ3n) is 4.00. The molecule has 0 aliphatic carbocycles. The summed E-state index contributed by atoms with van der Waals surface area (Å²) in [6.45, 7) is 1.81. The number of carbonyl (C=O) groups excluding carboxylic acids is 1. The number of amides is 1. The second-order valence-corrected chi connectivity index (χ2v) is 6.25. The normalized spacial score (nSPS) is 10.4. The molecule has 0 radical (unpaired) electrons. The van der Waals surface area contributed by atoms with Crippen LogP contribution in [0.5, 0.6) is 11.5 Å². The fourth-order valence-electron chi connectivity index (χ4n) is 2.64. The number of aryl methyl sites for hydroxylation is 1. The van der Waals surface area contributed by atoms with Gasteiger partial charge in [-0.2, -0.15) is 0 Å². The minimum Gasteiger partial charge on any atom is -0.455 e. The first-order valence-electron chi connectivity index (χ1n) is 8.97. The quantitative estimate of drug-likeness (QED) is 0.475. The summed E-state index contributed by atoms with van der Waals surface area (Å²) < 4.78 is 10.9. The molecule has 0 unspecified atom stereocenters. The van der Waals surface area contributed by atoms with Crippen molar-refractivity contribution in [3.63, 3.8) is 0 Å². The predicted molar refractivity (Wildman–Crippen MR) is 110 cm³/mol. The number of hydrogen-bond acceptors (Lipinski definition) is 6. The molecule has 4 aromatic rings. The Morgan fingerprint density at radius 2 is 1.79 bits per heavy atom. The Morgan fingerprint density at radius 1 is 1.00 bits per heavy atom. The SMILES string of the molecule is Cc1cc(Nc2ccc(C(=O)Nc3ccccc3Oc3ccccc3)nc2)no1. The molecule has 1 amide bonds. The lowest BCUT2D eigenvalue weighted by molar-refractivity contribution is 0.102. The highest BCUT2D eigenvalue weighted by Crippen LogP contribution is 2.29. The zero-order valence-electron chi connectivity index (χ0n) is 15.6. The van der Waals surface area contributed by atoms with Gasteiger partial charge in [0.2, 0.25) is 0 Å². The van der Waals surface area contributed by atoms with Gasteiger partial charge in [-0.3, -0.25) is 4.79 Å². The molecule has 7 heteroatoms. The number of aromatic nitrogens is 2. The van der Waals surface area contributed by atoms with Crippen molar-refractivity contribution in [3.05, 3.63) is 90.4 Å². The van der Waals surface area contributed by atoms with Crippen molar-refractivity contribution >= 4 is 23.1 Å². The molecule has 2 N–H and O–H groups in total. The maximum absolute atomic E-state index is 12.6. The van der Waals surface area contributed by atoms with Gasteiger partial charge < -0.3 is 19.9 Å². The number of nitrogens with one attached hydrogen (secondary N) is 2. The molecule has 144 valence electrons. The predicted octanol–water partition coefficient (Wildman–Crippen LogP) is 5.17. The zero-order chi connectivity index (χ0) is 20.1. The largest absolute Gasteiger partial charge is 0.455 e. The molecule has 2 aromatic heterocycles. The number of rotatable bonds is 6. The van der Waals surface area contributed by atoms with Crippen molar-refractivity contribution in [2.45, 2.75) is 6.92 Å². The number of para-hydroxylation sites is 3. The number of ether oxygens (including phenoxy) is 1. The second kappa shape index (κ2) is 8.26. The molecule has 0 bridgehead atoms. The minimum atomic E-state index is -0.335. The lowest BCUT2D eigenvalue weighted by Gasteiger charge is -2.12. The average Bonchev–Trinajstić information content (AvgIpc) is 3.15. The second-order valence-electron chi connectivity index (χ2n) is 6.25. The maximum Gasteiger partial charge on any atom is 0.274 e. The molecule has 0 fully saturated rings. The highest BCUT2D eigenvalue weighted by Gasteiger charge is 2.12. The van der Waals surface area contributed by atoms with E-state index in [9.17, 15) is 4.79 Å². The van der Waals surface area contributed by atoms with Crippen LogP contribution < -0.4 is 15.4 Å². The van der Waals surface area contributed by atoms with Crippen LogP contribution in [-0.4, -0.2) is 16.0 Å². The van der Waals surface area contributed by atoms with Crippen LogP contribution in [0.4, 0.5) is 17.2 Å². The van der Waals surface area contributed by atoms with Gasteiger partial charge in [0, 0.05) is 6.07 Å². The topological polar surface area (TPSA) is 89.3 Å². The van der Waals surface area contributed by atoms with Gasteiger partial charge in [0.25, 0.3) is 5.91 Å². The van der Waals surface area contributed by atoms with Crippen molar-refractivity contribution in [3.8, 4) is 11.5 Å². The molecule has 2 aromatic carbocycles. The van der Waals surface area contributed by atoms with Crippen LogP contribution in [0.25, 0.3) is 0 Å². The summed E-state index contributed by atoms with van der Waals surface area (Å²) in [6.07, 6.45) is 1.56. The highest BCUT2D eigenvalue weighted by atomic mass is 16.5. The lowest BCUT2D eigenvalue weighted by atomic mass is 10.2. The minimum absolute atomic E-state index is 0.279. The molecular formula is C22H18N4O3. The first-order chi connectivity index (χ1) is 14.2. The molecule has 0 spiro atoms. The molecule has 0 saturated heterocycles. The first kappa shape index (κ1) is 18.2. The monoisotopic (exact) mass is 386 g/mol. The highest BCUT2D eigenvalue weighted by molar-refractivity contribution is 6.03. The molecule has 4 rings (SSSR count). The zero-order valence-corrected chi connectivity index (χ0v) is 15.6. The molecule has 0 atom stereocenters. The number of carbonyl (C=O) groups is 1. The molecule has 2 heterocycles. The third kappa shape index (κ3) is 4.59. The van der Waals surface area contributed by atoms with Gasteiger partial charge in [-0.05, 0) is 43.3 Å². The van der Waals surface area contributed by atoms with Gasteiger partial charge in [0.05, 0.1) is 17.6 Å². The lowest BCUT2D eigenvalue weighted by Crippen LogP contribution is -2.14. The van der Waals surface area contributed by atoms with Gasteiger partial charge in [-0.25, -0.2) is 4.98 Å². The standard InChI is InChI=1S/C22H18N4O3/c1-15-13-21(26-29-15)24-16-11-12-19(23-14-16)22(27)25-18-9-5-6-10-20(18)28-17-7-3-2-4-8-17/h2-14H,1H3,(H,24,26)(H,25,27). The summed E-state index contributed by atoms with van der Waals surface area (Å²) in [5.41, 5.74) is 1.53. The summed E-state index contributed by atoms with van der Waals surface area (Å²) in [5.74, 6) is 2.18. The van der Waals surface area contributed by atoms with E-state index < -0.39 is 0 Å². The van der Waals surface area contributed by atoms with E-state index in [1.807, 2.05) is 49.4 Å². The fourth-order valence-corrected chi connectivity index (χ4v) is 2.64. The van der Waals surface area contributed by atoms with Crippen LogP contribution in [0.3, 0.4) is 0 Å². The molecule has 0 aliphatic heterocycles. The van der Waals surface area contributed by atoms with Crippen LogP contribution in [0.1, 0.15) is 16.2 Å². The van der Waals surface area contributed by atoms with Gasteiger partial charge in [-0.1, -0.05) is 35.5 Å². The van der Waals surface area contributed by atoms with Crippen molar-refractivity contribution < 1.29 is 14.1 Å². The number of pyridine rings is 1. The Balaban J connectivity index is 1.45. The number of anilines is 3. The number of nitrogens with zero attached hydrogens (tertiary/aromatic N) is 2. The summed E-state index contributed by atoms with van der Waals surface area (Å²) in [5, 5.41) is 9.76. The Kier molecular flexibility index (Phi) is 5.20. The van der Waals surface area contributed by atoms with Crippen LogP contribution in [0.15, 0.2) is 83.5 Å². The van der Waals surface area contributed by atoms with E-state index >= 15 is 0 Å². The number of benzene rings is 2. The summed E-state index contributed by atoms with van der Waals surface area (Å²) in [6, 6.07) is 21.8. The van der Waals surface area contributed by atoms with Crippen molar-refractivity contribution in [2.75, 3.05) is 10.6 Å². The van der Waals surface area contributed by atoms with Gasteiger partial charge in [-0.15, -0.1) is 0 Å². The van der Waals surface area contributed by atoms with Crippen molar-refractivity contribution in [1.29, 1.82) is 0 Å². The first-order valence-corrected chi connectivity index (χ1v) is 8.97. The van der Waals surface area contributed by atoms with Crippen LogP contribution >= 0.6 is 0 Å². The van der Waals surface area contributed by atoms with E-state index in [2.05, 4.69) is 20.8 Å². The number of hydrogen-bond donors (Lipinski definition) is 2. The van der Waals surface area contributed by atoms with E-state index in [-0.39, 0.29) is 11.6 Å². The van der Waals surface area contributed by atoms with E-state index in [1.54, 1.807) is 36.5 Å². The van der Waals surface area contributed by atoms with Crippen molar-refractivity contribution in [2.24, 2.45) is 0 Å². The molecule has 0 aliphatic rings. The fraction of sp³-hybridized carbons (Fsp3) is 0.0455. The Labute approximate surface area is 167 Å². The summed E-state index contributed by atoms with van der Waals surface area (Å²) in [4.78, 5) is 16.8. The average molecular weight is 386 g/mol. The van der Waals surface area contributed by atoms with Crippen molar-refractivity contribution in [1.82, 2.24) is 10.1 Å². The Bertz CT molecular complexity index is 1110. The smallest absolute Gasteiger partial charge is 0.274 e. The molecule has 29 heavy (non-hydrogen) atoms. The van der Waals surface area contributed by atoms with E-state index in [1.165, 1.54) is 0 Å². The van der Waals surface area contributed by atoms with E-state index in [0.29, 0.717) is 34.5 Å². The molecule has 7 nitrogen and oxygen atoms in total. The van der Waals surface area contributed by atoms with Crippen LogP contribution in [0, 0.1) is 6.92 Å². The summed E-state index contributed by atoms with van der Waals surface area (Å²) in [7, 11) is 0. The van der Waals surface area contributed by atoms with Gasteiger partial charge >= 0.3 is 0 Å². The van der Waals surface area contributed by atoms with Gasteiger partial charge in [0.1, 0.15) is 17.2 Å². The Hall–Kier alpha value is -4.13. The molecular weight excluding hydrogens is 368 g/mol. The van der Waals surface area contributed by atoms with E-state index in [0.717, 1.165) is 0 Å². The summed E-state index contributed by atoms with van der Waals surface area (Å²) >= 11 is 0. The van der Waals surface area contributed by atoms with E-state index in [4.69, 9.17) is 9.26 Å². The van der Waals surface area contributed by atoms with Gasteiger partial charge in [0.15, 0.2) is 11.6 Å². The molecule has 0 saturated carbocycles. The van der Waals surface area contributed by atoms with Crippen LogP contribution in [-0.2, 0) is 0 Å².